The number of furan rings is 1. The molecule has 1 saturated heterocycles. The Morgan fingerprint density at radius 3 is 2.48 bits per heavy atom. The second-order valence-corrected chi connectivity index (χ2v) is 6.01. The number of carbonyl (C=O) groups is 2. The van der Waals surface area contributed by atoms with Crippen molar-refractivity contribution in [3.63, 3.8) is 0 Å². The Kier molecular flexibility index (Phi) is 4.47. The zero-order valence-corrected chi connectivity index (χ0v) is 14.0. The third-order valence-electron chi connectivity index (χ3n) is 3.46. The fourth-order valence-electron chi connectivity index (χ4n) is 2.32. The molecule has 0 spiro atoms. The first-order valence-electron chi connectivity index (χ1n) is 6.99. The van der Waals surface area contributed by atoms with Gasteiger partial charge in [-0.15, -0.1) is 0 Å². The smallest absolute Gasteiger partial charge is 0.401 e. The summed E-state index contributed by atoms with van der Waals surface area (Å²) in [6.45, 7) is 0. The monoisotopic (exact) mass is 376 g/mol. The highest BCUT2D eigenvalue weighted by Gasteiger charge is 2.34. The predicted octanol–water partition coefficient (Wildman–Crippen LogP) is 3.56. The first-order valence-corrected chi connectivity index (χ1v) is 7.77. The van der Waals surface area contributed by atoms with Gasteiger partial charge < -0.3 is 4.42 Å². The van der Waals surface area contributed by atoms with E-state index in [2.05, 4.69) is 0 Å². The van der Waals surface area contributed by atoms with Crippen molar-refractivity contribution in [1.82, 2.24) is 0 Å². The number of ketones is 1. The second-order valence-electron chi connectivity index (χ2n) is 5.10. The molecule has 1 aromatic heterocycles. The van der Waals surface area contributed by atoms with Gasteiger partial charge in [0.25, 0.3) is 5.91 Å². The van der Waals surface area contributed by atoms with Gasteiger partial charge in [-0.05, 0) is 36.4 Å². The van der Waals surface area contributed by atoms with Crippen molar-refractivity contribution in [2.75, 3.05) is 4.90 Å². The van der Waals surface area contributed by atoms with Crippen LogP contribution in [0.2, 0.25) is 5.02 Å². The topological polar surface area (TPSA) is 93.7 Å². The summed E-state index contributed by atoms with van der Waals surface area (Å²) in [7, 11) is 0. The number of benzene rings is 1. The minimum atomic E-state index is -0.707. The molecule has 0 saturated carbocycles. The molecule has 1 fully saturated rings. The van der Waals surface area contributed by atoms with Crippen molar-refractivity contribution in [2.45, 2.75) is 6.42 Å². The maximum absolute atomic E-state index is 12.7. The van der Waals surface area contributed by atoms with Crippen LogP contribution in [0.4, 0.5) is 11.6 Å². The molecule has 1 aliphatic heterocycles. The first-order chi connectivity index (χ1) is 11.9. The number of anilines is 1. The van der Waals surface area contributed by atoms with Crippen molar-refractivity contribution < 1.29 is 18.9 Å². The van der Waals surface area contributed by atoms with Crippen LogP contribution in [-0.4, -0.2) is 21.6 Å². The summed E-state index contributed by atoms with van der Waals surface area (Å²) < 4.78 is 4.98. The van der Waals surface area contributed by atoms with Crippen LogP contribution < -0.4 is 4.90 Å². The van der Waals surface area contributed by atoms with E-state index < -0.39 is 22.5 Å². The molecule has 1 aromatic carbocycles. The van der Waals surface area contributed by atoms with Crippen LogP contribution in [-0.2, 0) is 9.59 Å². The van der Waals surface area contributed by atoms with E-state index in [1.54, 1.807) is 24.3 Å². The van der Waals surface area contributed by atoms with Gasteiger partial charge in [-0.1, -0.05) is 23.8 Å². The van der Waals surface area contributed by atoms with Crippen LogP contribution in [0.1, 0.15) is 12.2 Å². The molecule has 2 aromatic rings. The van der Waals surface area contributed by atoms with E-state index in [4.69, 9.17) is 28.2 Å². The van der Waals surface area contributed by atoms with Gasteiger partial charge in [-0.2, -0.15) is 0 Å². The van der Waals surface area contributed by atoms with Crippen LogP contribution in [0.3, 0.4) is 0 Å². The van der Waals surface area contributed by atoms with Gasteiger partial charge in [0.05, 0.1) is 23.0 Å². The van der Waals surface area contributed by atoms with E-state index in [0.717, 1.165) is 6.07 Å². The Morgan fingerprint density at radius 1 is 1.20 bits per heavy atom. The van der Waals surface area contributed by atoms with Crippen LogP contribution in [0.15, 0.2) is 46.4 Å². The molecule has 0 radical (unpaired) electrons. The number of Topliss-reactive ketones (excluding diaryl/α,β-unsaturated/α-hetero) is 1. The number of thiocarbonyl (C=S) groups is 1. The zero-order chi connectivity index (χ0) is 18.1. The third kappa shape index (κ3) is 3.35. The molecule has 0 bridgehead atoms. The average molecular weight is 377 g/mol. The Labute approximate surface area is 151 Å². The molecule has 0 atom stereocenters. The Bertz CT molecular complexity index is 932. The number of hydrogen-bond donors (Lipinski definition) is 0. The molecule has 7 nitrogen and oxygen atoms in total. The van der Waals surface area contributed by atoms with Crippen molar-refractivity contribution in [1.29, 1.82) is 0 Å². The second kappa shape index (κ2) is 6.58. The summed E-state index contributed by atoms with van der Waals surface area (Å²) in [6, 6.07) is 8.87. The Morgan fingerprint density at radius 2 is 1.88 bits per heavy atom. The summed E-state index contributed by atoms with van der Waals surface area (Å²) in [4.78, 5) is 36.3. The lowest BCUT2D eigenvalue weighted by molar-refractivity contribution is -0.402. The maximum Gasteiger partial charge on any atom is 0.433 e. The summed E-state index contributed by atoms with van der Waals surface area (Å²) in [5, 5.41) is 11.2. The first kappa shape index (κ1) is 17.0. The molecule has 0 N–H and O–H groups in total. The number of nitrogens with zero attached hydrogens (tertiary/aromatic N) is 2. The summed E-state index contributed by atoms with van der Waals surface area (Å²) in [5.74, 6) is -1.54. The van der Waals surface area contributed by atoms with E-state index in [1.807, 2.05) is 0 Å². The van der Waals surface area contributed by atoms with Crippen LogP contribution in [0, 0.1) is 10.1 Å². The summed E-state index contributed by atoms with van der Waals surface area (Å²) in [5.41, 5.74) is 0.316. The number of amides is 1. The maximum atomic E-state index is 12.7. The minimum Gasteiger partial charge on any atom is -0.401 e. The Balaban J connectivity index is 1.98. The molecule has 25 heavy (non-hydrogen) atoms. The molecule has 1 aliphatic rings. The molecule has 3 rings (SSSR count). The van der Waals surface area contributed by atoms with E-state index in [1.165, 1.54) is 17.0 Å². The third-order valence-corrected chi connectivity index (χ3v) is 4.04. The fraction of sp³-hybridized carbons (Fsp3) is 0.0625. The molecule has 126 valence electrons. The molecular formula is C16H9ClN2O5S. The summed E-state index contributed by atoms with van der Waals surface area (Å²) >= 11 is 11.0. The molecular weight excluding hydrogens is 368 g/mol. The van der Waals surface area contributed by atoms with Crippen molar-refractivity contribution in [3.8, 4) is 0 Å². The van der Waals surface area contributed by atoms with Gasteiger partial charge in [0.2, 0.25) is 0 Å². The van der Waals surface area contributed by atoms with Crippen LogP contribution in [0.5, 0.6) is 0 Å². The molecule has 0 unspecified atom stereocenters. The predicted molar refractivity (Wildman–Crippen MR) is 94.5 cm³/mol. The van der Waals surface area contributed by atoms with Crippen molar-refractivity contribution >= 4 is 58.1 Å². The van der Waals surface area contributed by atoms with Gasteiger partial charge in [-0.3, -0.25) is 24.6 Å². The fourth-order valence-corrected chi connectivity index (χ4v) is 2.76. The standard InChI is InChI=1S/C16H9ClN2O5S/c17-9-1-3-10(4-2-9)18-15(25)8-13(20)12(16(18)21)7-11-5-6-14(24-11)19(22)23/h1-7H,8H2/b12-7+. The van der Waals surface area contributed by atoms with Gasteiger partial charge in [0, 0.05) is 10.7 Å². The van der Waals surface area contributed by atoms with Crippen LogP contribution >= 0.6 is 23.8 Å². The number of carbonyl (C=O) groups excluding carboxylic acids is 2. The van der Waals surface area contributed by atoms with E-state index in [-0.39, 0.29) is 22.7 Å². The highest BCUT2D eigenvalue weighted by Crippen LogP contribution is 2.27. The Hall–Kier alpha value is -2.84. The lowest BCUT2D eigenvalue weighted by atomic mass is 10.0. The SMILES string of the molecule is O=C1CC(=S)N(c2ccc(Cl)cc2)C(=O)/C1=C/c1ccc([N+](=O)[O-])o1. The highest BCUT2D eigenvalue weighted by atomic mass is 35.5. The molecule has 2 heterocycles. The van der Waals surface area contributed by atoms with Gasteiger partial charge in [-0.25, -0.2) is 0 Å². The number of hydrogen-bond acceptors (Lipinski definition) is 6. The van der Waals surface area contributed by atoms with Gasteiger partial charge in [0.15, 0.2) is 5.78 Å². The molecule has 1 amide bonds. The van der Waals surface area contributed by atoms with Crippen molar-refractivity contribution in [2.24, 2.45) is 0 Å². The number of piperidine rings is 1. The van der Waals surface area contributed by atoms with E-state index in [9.17, 15) is 19.7 Å². The average Bonchev–Trinajstić information content (AvgIpc) is 3.02. The van der Waals surface area contributed by atoms with E-state index in [0.29, 0.717) is 10.7 Å². The lowest BCUT2D eigenvalue weighted by Crippen LogP contribution is -2.44. The molecule has 9 heteroatoms. The van der Waals surface area contributed by atoms with E-state index >= 15 is 0 Å². The molecule has 0 aliphatic carbocycles. The highest BCUT2D eigenvalue weighted by molar-refractivity contribution is 7.80. The summed E-state index contributed by atoms with van der Waals surface area (Å²) in [6.07, 6.45) is 1.06. The number of nitro groups is 1. The number of halogens is 1. The minimum absolute atomic E-state index is 0.0345. The van der Waals surface area contributed by atoms with Crippen LogP contribution in [0.25, 0.3) is 6.08 Å². The van der Waals surface area contributed by atoms with Crippen molar-refractivity contribution in [3.05, 3.63) is 62.9 Å². The van der Waals surface area contributed by atoms with Gasteiger partial charge >= 0.3 is 5.88 Å². The lowest BCUT2D eigenvalue weighted by Gasteiger charge is -2.28. The number of rotatable bonds is 3. The largest absolute Gasteiger partial charge is 0.433 e. The quantitative estimate of drug-likeness (QED) is 0.267. The normalized spacial score (nSPS) is 16.6. The van der Waals surface area contributed by atoms with Gasteiger partial charge in [0.1, 0.15) is 10.7 Å². The zero-order valence-electron chi connectivity index (χ0n) is 12.5.